The molecule has 0 atom stereocenters. The number of hydrogen-bond acceptors (Lipinski definition) is 2. The minimum Gasteiger partial charge on any atom is -0.387 e. The van der Waals surface area contributed by atoms with Crippen molar-refractivity contribution in [1.82, 2.24) is 5.32 Å². The van der Waals surface area contributed by atoms with Crippen molar-refractivity contribution in [3.05, 3.63) is 0 Å². The van der Waals surface area contributed by atoms with Crippen LogP contribution in [0, 0.1) is 5.92 Å². The van der Waals surface area contributed by atoms with Crippen molar-refractivity contribution < 1.29 is 9.90 Å². The molecule has 2 N–H and O–H groups in total. The van der Waals surface area contributed by atoms with E-state index in [2.05, 4.69) is 12.2 Å². The summed E-state index contributed by atoms with van der Waals surface area (Å²) in [7, 11) is 0. The summed E-state index contributed by atoms with van der Waals surface area (Å²) < 4.78 is 0. The lowest BCUT2D eigenvalue weighted by Gasteiger charge is -2.34. The Kier molecular flexibility index (Phi) is 2.88. The summed E-state index contributed by atoms with van der Waals surface area (Å²) in [6.07, 6.45) is 3.37. The lowest BCUT2D eigenvalue weighted by atomic mass is 9.79. The maximum absolute atomic E-state index is 10.6. The van der Waals surface area contributed by atoms with E-state index in [1.807, 2.05) is 0 Å². The Morgan fingerprint density at radius 1 is 1.64 bits per heavy atom. The molecule has 1 fully saturated rings. The molecule has 11 heavy (non-hydrogen) atoms. The van der Waals surface area contributed by atoms with E-state index in [1.54, 1.807) is 0 Å². The fourth-order valence-electron chi connectivity index (χ4n) is 1.46. The molecule has 0 aromatic heterocycles. The maximum Gasteiger partial charge on any atom is 0.245 e. The second kappa shape index (κ2) is 3.72. The van der Waals surface area contributed by atoms with Crippen LogP contribution in [0.2, 0.25) is 0 Å². The van der Waals surface area contributed by atoms with Crippen LogP contribution in [-0.4, -0.2) is 23.7 Å². The van der Waals surface area contributed by atoms with E-state index in [1.165, 1.54) is 6.42 Å². The van der Waals surface area contributed by atoms with Crippen molar-refractivity contribution in [1.29, 1.82) is 0 Å². The number of rotatable bonds is 3. The van der Waals surface area contributed by atoms with Gasteiger partial charge in [0.2, 0.25) is 5.91 Å². The number of hydrogen-bond donors (Lipinski definition) is 2. The number of carbonyl (C=O) groups excluding carboxylic acids is 1. The highest BCUT2D eigenvalue weighted by Gasteiger charge is 2.28. The molecule has 64 valence electrons. The van der Waals surface area contributed by atoms with Crippen LogP contribution < -0.4 is 5.32 Å². The second-order valence-electron chi connectivity index (χ2n) is 3.17. The summed E-state index contributed by atoms with van der Waals surface area (Å²) in [5, 5.41) is 11.2. The van der Waals surface area contributed by atoms with E-state index >= 15 is 0 Å². The van der Waals surface area contributed by atoms with Gasteiger partial charge < -0.3 is 10.4 Å². The quantitative estimate of drug-likeness (QED) is 0.618. The van der Waals surface area contributed by atoms with E-state index < -0.39 is 0 Å². The SMILES string of the molecule is CC[C@H]1C[C@H](NC(=O)CO)C1. The Morgan fingerprint density at radius 2 is 2.27 bits per heavy atom. The fraction of sp³-hybridized carbons (Fsp3) is 0.875. The van der Waals surface area contributed by atoms with Gasteiger partial charge in [0.05, 0.1) is 0 Å². The first-order valence-corrected chi connectivity index (χ1v) is 4.16. The first kappa shape index (κ1) is 8.53. The first-order valence-electron chi connectivity index (χ1n) is 4.16. The average molecular weight is 157 g/mol. The van der Waals surface area contributed by atoms with Gasteiger partial charge in [-0.25, -0.2) is 0 Å². The molecule has 3 heteroatoms. The standard InChI is InChI=1S/C8H15NO2/c1-2-6-3-7(4-6)9-8(11)5-10/h6-7,10H,2-5H2,1H3,(H,9,11)/t6-,7-. The molecule has 1 aliphatic rings. The molecule has 1 rings (SSSR count). The van der Waals surface area contributed by atoms with Crippen molar-refractivity contribution in [2.45, 2.75) is 32.2 Å². The van der Waals surface area contributed by atoms with Crippen molar-refractivity contribution in [2.24, 2.45) is 5.92 Å². The molecule has 0 aliphatic heterocycles. The van der Waals surface area contributed by atoms with Crippen molar-refractivity contribution in [2.75, 3.05) is 6.61 Å². The molecule has 0 aromatic carbocycles. The summed E-state index contributed by atoms with van der Waals surface area (Å²) in [5.74, 6) is 0.545. The predicted molar refractivity (Wildman–Crippen MR) is 42.0 cm³/mol. The van der Waals surface area contributed by atoms with Gasteiger partial charge >= 0.3 is 0 Å². The molecular weight excluding hydrogens is 142 g/mol. The van der Waals surface area contributed by atoms with Crippen molar-refractivity contribution in [3.8, 4) is 0 Å². The third-order valence-corrected chi connectivity index (χ3v) is 2.32. The van der Waals surface area contributed by atoms with Gasteiger partial charge in [-0.2, -0.15) is 0 Å². The Morgan fingerprint density at radius 3 is 2.73 bits per heavy atom. The Hall–Kier alpha value is -0.570. The van der Waals surface area contributed by atoms with Gasteiger partial charge in [0.15, 0.2) is 0 Å². The Balaban J connectivity index is 2.08. The van der Waals surface area contributed by atoms with Gasteiger partial charge in [0.25, 0.3) is 0 Å². The van der Waals surface area contributed by atoms with Crippen LogP contribution in [0.15, 0.2) is 0 Å². The lowest BCUT2D eigenvalue weighted by molar-refractivity contribution is -0.125. The van der Waals surface area contributed by atoms with Gasteiger partial charge in [-0.1, -0.05) is 13.3 Å². The largest absolute Gasteiger partial charge is 0.387 e. The zero-order chi connectivity index (χ0) is 8.27. The van der Waals surface area contributed by atoms with E-state index in [0.29, 0.717) is 6.04 Å². The lowest BCUT2D eigenvalue weighted by Crippen LogP contribution is -2.45. The zero-order valence-corrected chi connectivity index (χ0v) is 6.84. The fourth-order valence-corrected chi connectivity index (χ4v) is 1.46. The molecule has 0 heterocycles. The molecule has 0 spiro atoms. The zero-order valence-electron chi connectivity index (χ0n) is 6.84. The molecule has 1 saturated carbocycles. The van der Waals surface area contributed by atoms with Crippen LogP contribution in [0.25, 0.3) is 0 Å². The minimum atomic E-state index is -0.382. The van der Waals surface area contributed by atoms with Gasteiger partial charge in [-0.15, -0.1) is 0 Å². The molecule has 0 bridgehead atoms. The Labute approximate surface area is 66.8 Å². The monoisotopic (exact) mass is 157 g/mol. The number of nitrogens with one attached hydrogen (secondary N) is 1. The number of amides is 1. The molecular formula is C8H15NO2. The summed E-state index contributed by atoms with van der Waals surface area (Å²) in [4.78, 5) is 10.6. The Bertz CT molecular complexity index is 141. The number of aliphatic hydroxyl groups is 1. The second-order valence-corrected chi connectivity index (χ2v) is 3.17. The molecule has 0 saturated heterocycles. The summed E-state index contributed by atoms with van der Waals surface area (Å²) in [6.45, 7) is 1.78. The number of aliphatic hydroxyl groups excluding tert-OH is 1. The highest BCUT2D eigenvalue weighted by molar-refractivity contribution is 5.77. The van der Waals surface area contributed by atoms with Crippen LogP contribution in [0.4, 0.5) is 0 Å². The normalized spacial score (nSPS) is 29.3. The van der Waals surface area contributed by atoms with Crippen LogP contribution in [0.5, 0.6) is 0 Å². The average Bonchev–Trinajstić information content (AvgIpc) is 1.95. The van der Waals surface area contributed by atoms with Crippen LogP contribution in [0.1, 0.15) is 26.2 Å². The maximum atomic E-state index is 10.6. The third kappa shape index (κ3) is 2.19. The van der Waals surface area contributed by atoms with E-state index in [9.17, 15) is 4.79 Å². The molecule has 1 aliphatic carbocycles. The van der Waals surface area contributed by atoms with Crippen LogP contribution in [0.3, 0.4) is 0 Å². The van der Waals surface area contributed by atoms with Crippen molar-refractivity contribution >= 4 is 5.91 Å². The van der Waals surface area contributed by atoms with E-state index in [0.717, 1.165) is 18.8 Å². The smallest absolute Gasteiger partial charge is 0.245 e. The molecule has 3 nitrogen and oxygen atoms in total. The van der Waals surface area contributed by atoms with Gasteiger partial charge in [-0.3, -0.25) is 4.79 Å². The molecule has 1 amide bonds. The highest BCUT2D eigenvalue weighted by atomic mass is 16.3. The van der Waals surface area contributed by atoms with E-state index in [4.69, 9.17) is 5.11 Å². The van der Waals surface area contributed by atoms with Crippen LogP contribution >= 0.6 is 0 Å². The van der Waals surface area contributed by atoms with Gasteiger partial charge in [0, 0.05) is 6.04 Å². The number of carbonyl (C=O) groups is 1. The van der Waals surface area contributed by atoms with Gasteiger partial charge in [-0.05, 0) is 18.8 Å². The van der Waals surface area contributed by atoms with E-state index in [-0.39, 0.29) is 12.5 Å². The first-order chi connectivity index (χ1) is 5.26. The highest BCUT2D eigenvalue weighted by Crippen LogP contribution is 2.29. The topological polar surface area (TPSA) is 49.3 Å². The molecule has 0 unspecified atom stereocenters. The van der Waals surface area contributed by atoms with Crippen molar-refractivity contribution in [3.63, 3.8) is 0 Å². The minimum absolute atomic E-state index is 0.246. The summed E-state index contributed by atoms with van der Waals surface area (Å²) >= 11 is 0. The van der Waals surface area contributed by atoms with Gasteiger partial charge in [0.1, 0.15) is 6.61 Å². The molecule has 0 radical (unpaired) electrons. The molecule has 0 aromatic rings. The van der Waals surface area contributed by atoms with Crippen LogP contribution in [-0.2, 0) is 4.79 Å². The third-order valence-electron chi connectivity index (χ3n) is 2.32. The summed E-state index contributed by atoms with van der Waals surface area (Å²) in [5.41, 5.74) is 0. The summed E-state index contributed by atoms with van der Waals surface area (Å²) in [6, 6.07) is 0.333. The predicted octanol–water partition coefficient (Wildman–Crippen LogP) is 0.283.